The highest BCUT2D eigenvalue weighted by Gasteiger charge is 2.29. The van der Waals surface area contributed by atoms with Gasteiger partial charge >= 0.3 is 0 Å². The number of ether oxygens (including phenoxy) is 1. The summed E-state index contributed by atoms with van der Waals surface area (Å²) in [6, 6.07) is 5.13. The van der Waals surface area contributed by atoms with Crippen LogP contribution in [0.5, 0.6) is 11.5 Å². The molecule has 0 radical (unpaired) electrons. The van der Waals surface area contributed by atoms with Gasteiger partial charge in [0.2, 0.25) is 0 Å². The van der Waals surface area contributed by atoms with Crippen molar-refractivity contribution in [2.45, 2.75) is 25.3 Å². The fourth-order valence-electron chi connectivity index (χ4n) is 2.23. The number of methoxy groups -OCH3 is 1. The van der Waals surface area contributed by atoms with Crippen molar-refractivity contribution in [2.75, 3.05) is 19.0 Å². The summed E-state index contributed by atoms with van der Waals surface area (Å²) >= 11 is 3.39. The van der Waals surface area contributed by atoms with Gasteiger partial charge in [-0.15, -0.1) is 0 Å². The summed E-state index contributed by atoms with van der Waals surface area (Å²) in [6.07, 6.45) is 3.33. The summed E-state index contributed by atoms with van der Waals surface area (Å²) in [5.74, 6) is 0.357. The van der Waals surface area contributed by atoms with Crippen LogP contribution in [0.4, 0.5) is 0 Å². The van der Waals surface area contributed by atoms with Gasteiger partial charge in [0, 0.05) is 23.5 Å². The van der Waals surface area contributed by atoms with Crippen LogP contribution in [0.2, 0.25) is 0 Å². The molecule has 1 saturated carbocycles. The molecule has 0 aliphatic heterocycles. The summed E-state index contributed by atoms with van der Waals surface area (Å²) in [5.41, 5.74) is 0.506. The Morgan fingerprint density at radius 1 is 1.53 bits per heavy atom. The second-order valence-electron chi connectivity index (χ2n) is 4.66. The molecule has 1 aromatic rings. The highest BCUT2D eigenvalue weighted by atomic mass is 79.9. The molecule has 1 aromatic carbocycles. The smallest absolute Gasteiger partial charge is 0.254 e. The maximum Gasteiger partial charge on any atom is 0.254 e. The van der Waals surface area contributed by atoms with Gasteiger partial charge in [0.1, 0.15) is 0 Å². The third kappa shape index (κ3) is 3.03. The minimum atomic E-state index is -0.0258. The Morgan fingerprint density at radius 3 is 2.74 bits per heavy atom. The van der Waals surface area contributed by atoms with E-state index < -0.39 is 0 Å². The number of benzene rings is 1. The number of phenolic OH excluding ortho intramolecular Hbond substituents is 1. The number of rotatable bonds is 5. The lowest BCUT2D eigenvalue weighted by Crippen LogP contribution is -2.45. The molecular weight excluding hydrogens is 310 g/mol. The zero-order chi connectivity index (χ0) is 13.8. The molecule has 2 rings (SSSR count). The third-order valence-corrected chi connectivity index (χ3v) is 3.88. The Morgan fingerprint density at radius 2 is 2.26 bits per heavy atom. The second-order valence-corrected chi connectivity index (χ2v) is 5.45. The van der Waals surface area contributed by atoms with Gasteiger partial charge < -0.3 is 14.7 Å². The number of carbonyl (C=O) groups is 1. The van der Waals surface area contributed by atoms with Crippen LogP contribution in [0.1, 0.15) is 29.6 Å². The molecule has 0 aromatic heterocycles. The molecule has 0 atom stereocenters. The number of amides is 1. The van der Waals surface area contributed by atoms with Crippen molar-refractivity contribution in [1.82, 2.24) is 4.90 Å². The molecule has 104 valence electrons. The molecule has 0 heterocycles. The normalized spacial score (nSPS) is 14.8. The average molecular weight is 328 g/mol. The van der Waals surface area contributed by atoms with Crippen molar-refractivity contribution in [2.24, 2.45) is 0 Å². The van der Waals surface area contributed by atoms with Gasteiger partial charge in [0.25, 0.3) is 5.91 Å². The van der Waals surface area contributed by atoms with Crippen LogP contribution >= 0.6 is 15.9 Å². The van der Waals surface area contributed by atoms with E-state index in [-0.39, 0.29) is 11.7 Å². The van der Waals surface area contributed by atoms with E-state index in [9.17, 15) is 9.90 Å². The lowest BCUT2D eigenvalue weighted by molar-refractivity contribution is 0.0599. The largest absolute Gasteiger partial charge is 0.504 e. The van der Waals surface area contributed by atoms with E-state index in [4.69, 9.17) is 4.74 Å². The molecule has 0 saturated heterocycles. The first kappa shape index (κ1) is 14.2. The minimum Gasteiger partial charge on any atom is -0.504 e. The maximum absolute atomic E-state index is 12.5. The highest BCUT2D eigenvalue weighted by Crippen LogP contribution is 2.29. The monoisotopic (exact) mass is 327 g/mol. The summed E-state index contributed by atoms with van der Waals surface area (Å²) in [7, 11) is 1.49. The molecule has 1 aliphatic rings. The van der Waals surface area contributed by atoms with Crippen LogP contribution in [0.25, 0.3) is 0 Å². The van der Waals surface area contributed by atoms with Crippen LogP contribution < -0.4 is 4.74 Å². The fourth-order valence-corrected chi connectivity index (χ4v) is 2.61. The molecule has 5 heteroatoms. The lowest BCUT2D eigenvalue weighted by Gasteiger charge is -2.37. The van der Waals surface area contributed by atoms with Gasteiger partial charge in [0.05, 0.1) is 7.11 Å². The van der Waals surface area contributed by atoms with Gasteiger partial charge in [-0.25, -0.2) is 0 Å². The predicted molar refractivity (Wildman–Crippen MR) is 77.1 cm³/mol. The number of hydrogen-bond donors (Lipinski definition) is 1. The van der Waals surface area contributed by atoms with Crippen LogP contribution in [0.15, 0.2) is 18.2 Å². The molecule has 1 N–H and O–H groups in total. The molecule has 0 spiro atoms. The standard InChI is InChI=1S/C14H18BrNO3/c1-19-13-6-5-10(9-12(13)17)14(18)16(8-7-15)11-3-2-4-11/h5-6,9,11,17H,2-4,7-8H2,1H3. The van der Waals surface area contributed by atoms with Gasteiger partial charge in [-0.1, -0.05) is 15.9 Å². The van der Waals surface area contributed by atoms with E-state index in [0.717, 1.165) is 18.2 Å². The van der Waals surface area contributed by atoms with E-state index in [1.807, 2.05) is 4.90 Å². The van der Waals surface area contributed by atoms with Crippen molar-refractivity contribution in [1.29, 1.82) is 0 Å². The van der Waals surface area contributed by atoms with Crippen LogP contribution in [0.3, 0.4) is 0 Å². The average Bonchev–Trinajstić information content (AvgIpc) is 2.35. The molecule has 19 heavy (non-hydrogen) atoms. The van der Waals surface area contributed by atoms with E-state index in [2.05, 4.69) is 15.9 Å². The fraction of sp³-hybridized carbons (Fsp3) is 0.500. The quantitative estimate of drug-likeness (QED) is 0.846. The molecule has 4 nitrogen and oxygen atoms in total. The van der Waals surface area contributed by atoms with Crippen molar-refractivity contribution >= 4 is 21.8 Å². The second kappa shape index (κ2) is 6.28. The zero-order valence-corrected chi connectivity index (χ0v) is 12.5. The number of alkyl halides is 1. The van der Waals surface area contributed by atoms with Crippen molar-refractivity contribution in [3.05, 3.63) is 23.8 Å². The molecule has 1 aliphatic carbocycles. The molecule has 0 bridgehead atoms. The van der Waals surface area contributed by atoms with Gasteiger partial charge in [0.15, 0.2) is 11.5 Å². The Labute approximate surface area is 121 Å². The van der Waals surface area contributed by atoms with Gasteiger partial charge in [-0.3, -0.25) is 4.79 Å². The summed E-state index contributed by atoms with van der Waals surface area (Å²) < 4.78 is 4.99. The minimum absolute atomic E-state index is 0.000696. The van der Waals surface area contributed by atoms with Crippen LogP contribution in [0, 0.1) is 0 Å². The first-order valence-corrected chi connectivity index (χ1v) is 7.53. The van der Waals surface area contributed by atoms with Crippen molar-refractivity contribution in [3.63, 3.8) is 0 Å². The van der Waals surface area contributed by atoms with Crippen molar-refractivity contribution in [3.8, 4) is 11.5 Å². The van der Waals surface area contributed by atoms with E-state index in [1.54, 1.807) is 12.1 Å². The number of halogens is 1. The highest BCUT2D eigenvalue weighted by molar-refractivity contribution is 9.09. The number of phenols is 1. The number of hydrogen-bond acceptors (Lipinski definition) is 3. The predicted octanol–water partition coefficient (Wildman–Crippen LogP) is 2.79. The Bertz CT molecular complexity index is 460. The topological polar surface area (TPSA) is 49.8 Å². The van der Waals surface area contributed by atoms with Crippen LogP contribution in [-0.2, 0) is 0 Å². The summed E-state index contributed by atoms with van der Waals surface area (Å²) in [4.78, 5) is 14.4. The van der Waals surface area contributed by atoms with E-state index in [0.29, 0.717) is 23.9 Å². The lowest BCUT2D eigenvalue weighted by atomic mass is 9.91. The zero-order valence-electron chi connectivity index (χ0n) is 10.9. The Balaban J connectivity index is 2.18. The van der Waals surface area contributed by atoms with E-state index in [1.165, 1.54) is 19.6 Å². The third-order valence-electron chi connectivity index (χ3n) is 3.53. The van der Waals surface area contributed by atoms with Gasteiger partial charge in [-0.05, 0) is 37.5 Å². The van der Waals surface area contributed by atoms with Crippen molar-refractivity contribution < 1.29 is 14.6 Å². The Hall–Kier alpha value is -1.23. The molecule has 1 fully saturated rings. The number of aromatic hydroxyl groups is 1. The van der Waals surface area contributed by atoms with Gasteiger partial charge in [-0.2, -0.15) is 0 Å². The summed E-state index contributed by atoms with van der Waals surface area (Å²) in [5, 5.41) is 10.5. The molecule has 0 unspecified atom stereocenters. The summed E-state index contributed by atoms with van der Waals surface area (Å²) in [6.45, 7) is 0.691. The maximum atomic E-state index is 12.5. The molecular formula is C14H18BrNO3. The molecule has 1 amide bonds. The van der Waals surface area contributed by atoms with Crippen LogP contribution in [-0.4, -0.2) is 40.9 Å². The number of nitrogens with zero attached hydrogens (tertiary/aromatic N) is 1. The first-order valence-electron chi connectivity index (χ1n) is 6.41. The SMILES string of the molecule is COc1ccc(C(=O)N(CCBr)C2CCC2)cc1O. The number of carbonyl (C=O) groups excluding carboxylic acids is 1. The van der Waals surface area contributed by atoms with E-state index >= 15 is 0 Å². The Kier molecular flexibility index (Phi) is 4.69. The first-order chi connectivity index (χ1) is 9.17.